The first-order valence-electron chi connectivity index (χ1n) is 11.3. The molecular weight excluding hydrogens is 378 g/mol. The van der Waals surface area contributed by atoms with Crippen molar-refractivity contribution in [3.8, 4) is 0 Å². The van der Waals surface area contributed by atoms with Crippen molar-refractivity contribution in [1.29, 1.82) is 0 Å². The second-order valence-electron chi connectivity index (χ2n) is 9.43. The molecule has 2 fully saturated rings. The average Bonchev–Trinajstić information content (AvgIpc) is 2.86. The maximum Gasteiger partial charge on any atom is 0.325 e. The summed E-state index contributed by atoms with van der Waals surface area (Å²) in [4.78, 5) is 39.5. The predicted molar refractivity (Wildman–Crippen MR) is 117 cm³/mol. The molecule has 1 heterocycles. The molecule has 1 spiro atoms. The molecule has 1 saturated carbocycles. The molecule has 4 amide bonds. The number of nitrogens with one attached hydrogen (secondary N) is 2. The van der Waals surface area contributed by atoms with Crippen LogP contribution in [-0.4, -0.2) is 34.8 Å². The molecule has 1 aliphatic heterocycles. The summed E-state index contributed by atoms with van der Waals surface area (Å²) in [6.07, 6.45) is 5.33. The van der Waals surface area contributed by atoms with Gasteiger partial charge in [0, 0.05) is 0 Å². The molecule has 2 N–H and O–H groups in total. The number of imide groups is 1. The van der Waals surface area contributed by atoms with Crippen LogP contribution in [0.2, 0.25) is 0 Å². The van der Waals surface area contributed by atoms with E-state index in [4.69, 9.17) is 0 Å². The van der Waals surface area contributed by atoms with Crippen molar-refractivity contribution < 1.29 is 14.4 Å². The second-order valence-corrected chi connectivity index (χ2v) is 9.43. The van der Waals surface area contributed by atoms with E-state index in [2.05, 4.69) is 62.6 Å². The minimum absolute atomic E-state index is 0.175. The summed E-state index contributed by atoms with van der Waals surface area (Å²) >= 11 is 0. The fourth-order valence-electron chi connectivity index (χ4n) is 4.58. The molecule has 1 atom stereocenters. The Balaban J connectivity index is 1.68. The molecule has 1 unspecified atom stereocenters. The first-order chi connectivity index (χ1) is 14.2. The van der Waals surface area contributed by atoms with E-state index in [0.717, 1.165) is 36.1 Å². The van der Waals surface area contributed by atoms with E-state index in [-0.39, 0.29) is 30.3 Å². The van der Waals surface area contributed by atoms with Gasteiger partial charge in [0.25, 0.3) is 5.91 Å². The number of hydrogen-bond donors (Lipinski definition) is 2. The molecule has 0 radical (unpaired) electrons. The lowest BCUT2D eigenvalue weighted by molar-refractivity contribution is -0.135. The monoisotopic (exact) mass is 413 g/mol. The minimum atomic E-state index is -0.808. The molecule has 3 rings (SSSR count). The highest BCUT2D eigenvalue weighted by Gasteiger charge is 2.51. The summed E-state index contributed by atoms with van der Waals surface area (Å²) in [5, 5.41) is 5.94. The Morgan fingerprint density at radius 3 is 2.10 bits per heavy atom. The number of nitrogens with zero attached hydrogens (tertiary/aromatic N) is 1. The molecule has 6 nitrogen and oxygen atoms in total. The number of amides is 4. The van der Waals surface area contributed by atoms with Crippen LogP contribution in [0.5, 0.6) is 0 Å². The van der Waals surface area contributed by atoms with Gasteiger partial charge in [0.05, 0.1) is 6.04 Å². The highest BCUT2D eigenvalue weighted by atomic mass is 16.2. The Hall–Kier alpha value is -2.37. The van der Waals surface area contributed by atoms with Gasteiger partial charge >= 0.3 is 6.03 Å². The number of rotatable bonds is 6. The summed E-state index contributed by atoms with van der Waals surface area (Å²) in [5.41, 5.74) is 1.47. The average molecular weight is 414 g/mol. The summed E-state index contributed by atoms with van der Waals surface area (Å²) in [6, 6.07) is 7.66. The van der Waals surface area contributed by atoms with Crippen molar-refractivity contribution in [1.82, 2.24) is 15.5 Å². The molecule has 2 aliphatic rings. The van der Waals surface area contributed by atoms with Gasteiger partial charge in [-0.15, -0.1) is 0 Å². The maximum absolute atomic E-state index is 13.0. The van der Waals surface area contributed by atoms with Gasteiger partial charge < -0.3 is 10.6 Å². The second kappa shape index (κ2) is 9.19. The molecule has 1 aromatic rings. The molecular formula is C24H35N3O3. The first-order valence-corrected chi connectivity index (χ1v) is 11.3. The van der Waals surface area contributed by atoms with Crippen molar-refractivity contribution in [3.05, 3.63) is 35.4 Å². The molecule has 1 saturated heterocycles. The third-order valence-electron chi connectivity index (χ3n) is 6.45. The molecule has 6 heteroatoms. The Morgan fingerprint density at radius 1 is 1.00 bits per heavy atom. The lowest BCUT2D eigenvalue weighted by Crippen LogP contribution is -2.47. The first kappa shape index (κ1) is 22.3. The standard InChI is InChI=1S/C24H35N3O3/c1-16(2)18-9-11-19(12-10-18)21(17(3)4)25-20(28)15-27-22(29)24(26-23(27)30)13-7-5-6-8-14-24/h9-12,16-17,21H,5-8,13-15H2,1-4H3,(H,25,28)(H,26,30). The van der Waals surface area contributed by atoms with Crippen LogP contribution in [0.25, 0.3) is 0 Å². The predicted octanol–water partition coefficient (Wildman–Crippen LogP) is 4.27. The summed E-state index contributed by atoms with van der Waals surface area (Å²) < 4.78 is 0. The zero-order valence-corrected chi connectivity index (χ0v) is 18.7. The van der Waals surface area contributed by atoms with Gasteiger partial charge in [-0.25, -0.2) is 4.79 Å². The van der Waals surface area contributed by atoms with Gasteiger partial charge in [-0.3, -0.25) is 14.5 Å². The van der Waals surface area contributed by atoms with Gasteiger partial charge in [-0.2, -0.15) is 0 Å². The summed E-state index contributed by atoms with van der Waals surface area (Å²) in [6.45, 7) is 8.16. The van der Waals surface area contributed by atoms with Crippen molar-refractivity contribution in [2.75, 3.05) is 6.54 Å². The Morgan fingerprint density at radius 2 is 1.57 bits per heavy atom. The van der Waals surface area contributed by atoms with Crippen LogP contribution in [0.15, 0.2) is 24.3 Å². The van der Waals surface area contributed by atoms with Gasteiger partial charge in [0.1, 0.15) is 12.1 Å². The van der Waals surface area contributed by atoms with Gasteiger partial charge in [0.2, 0.25) is 5.91 Å². The fraction of sp³-hybridized carbons (Fsp3) is 0.625. The molecule has 0 aromatic heterocycles. The smallest absolute Gasteiger partial charge is 0.325 e. The van der Waals surface area contributed by atoms with Crippen LogP contribution in [0.1, 0.15) is 89.3 Å². The highest BCUT2D eigenvalue weighted by Crippen LogP contribution is 2.32. The van der Waals surface area contributed by atoms with Gasteiger partial charge in [-0.05, 0) is 35.8 Å². The largest absolute Gasteiger partial charge is 0.347 e. The van der Waals surface area contributed by atoms with E-state index in [1.807, 2.05) is 0 Å². The van der Waals surface area contributed by atoms with Crippen LogP contribution < -0.4 is 10.6 Å². The van der Waals surface area contributed by atoms with E-state index in [0.29, 0.717) is 18.8 Å². The van der Waals surface area contributed by atoms with Crippen LogP contribution in [-0.2, 0) is 9.59 Å². The zero-order chi connectivity index (χ0) is 21.9. The lowest BCUT2D eigenvalue weighted by atomic mass is 9.90. The Labute approximate surface area is 179 Å². The summed E-state index contributed by atoms with van der Waals surface area (Å²) in [5.74, 6) is 0.0695. The molecule has 1 aliphatic carbocycles. The van der Waals surface area contributed by atoms with Crippen molar-refractivity contribution in [2.45, 2.75) is 83.7 Å². The normalized spacial score (nSPS) is 19.9. The summed E-state index contributed by atoms with van der Waals surface area (Å²) in [7, 11) is 0. The van der Waals surface area contributed by atoms with E-state index in [9.17, 15) is 14.4 Å². The van der Waals surface area contributed by atoms with E-state index in [1.165, 1.54) is 5.56 Å². The van der Waals surface area contributed by atoms with Crippen LogP contribution >= 0.6 is 0 Å². The Kier molecular flexibility index (Phi) is 6.84. The van der Waals surface area contributed by atoms with Gasteiger partial charge in [-0.1, -0.05) is 77.6 Å². The molecule has 0 bridgehead atoms. The maximum atomic E-state index is 13.0. The topological polar surface area (TPSA) is 78.5 Å². The van der Waals surface area contributed by atoms with Crippen molar-refractivity contribution in [3.63, 3.8) is 0 Å². The highest BCUT2D eigenvalue weighted by molar-refractivity contribution is 6.09. The Bertz CT molecular complexity index is 777. The molecule has 1 aromatic carbocycles. The number of carbonyl (C=O) groups is 3. The number of urea groups is 1. The van der Waals surface area contributed by atoms with Crippen LogP contribution in [0, 0.1) is 5.92 Å². The van der Waals surface area contributed by atoms with E-state index < -0.39 is 11.6 Å². The molecule has 164 valence electrons. The van der Waals surface area contributed by atoms with E-state index in [1.54, 1.807) is 0 Å². The number of carbonyl (C=O) groups excluding carboxylic acids is 3. The SMILES string of the molecule is CC(C)c1ccc(C(NC(=O)CN2C(=O)NC3(CCCCCC3)C2=O)C(C)C)cc1. The minimum Gasteiger partial charge on any atom is -0.347 e. The van der Waals surface area contributed by atoms with Gasteiger partial charge in [0.15, 0.2) is 0 Å². The quantitative estimate of drug-likeness (QED) is 0.684. The van der Waals surface area contributed by atoms with Crippen LogP contribution in [0.4, 0.5) is 4.79 Å². The van der Waals surface area contributed by atoms with Crippen molar-refractivity contribution in [2.24, 2.45) is 5.92 Å². The third kappa shape index (κ3) is 4.68. The van der Waals surface area contributed by atoms with E-state index >= 15 is 0 Å². The zero-order valence-electron chi connectivity index (χ0n) is 18.7. The van der Waals surface area contributed by atoms with Crippen molar-refractivity contribution >= 4 is 17.8 Å². The lowest BCUT2D eigenvalue weighted by Gasteiger charge is -2.26. The van der Waals surface area contributed by atoms with Crippen LogP contribution in [0.3, 0.4) is 0 Å². The molecule has 30 heavy (non-hydrogen) atoms. The third-order valence-corrected chi connectivity index (χ3v) is 6.45. The number of hydrogen-bond acceptors (Lipinski definition) is 3. The number of benzene rings is 1. The fourth-order valence-corrected chi connectivity index (χ4v) is 4.58.